The topological polar surface area (TPSA) is 40.9 Å². The number of amides is 1. The number of hydrogen-bond donors (Lipinski definition) is 0. The maximum absolute atomic E-state index is 12.5. The molecule has 1 fully saturated rings. The predicted molar refractivity (Wildman–Crippen MR) is 87.6 cm³/mol. The van der Waals surface area contributed by atoms with E-state index in [9.17, 15) is 4.79 Å². The third kappa shape index (κ3) is 2.35. The molecule has 1 aliphatic heterocycles. The van der Waals surface area contributed by atoms with Crippen molar-refractivity contribution in [1.29, 1.82) is 0 Å². The van der Waals surface area contributed by atoms with Crippen molar-refractivity contribution in [2.45, 2.75) is 0 Å². The monoisotopic (exact) mass is 312 g/mol. The van der Waals surface area contributed by atoms with Crippen LogP contribution in [0.4, 0.5) is 5.69 Å². The van der Waals surface area contributed by atoms with Crippen molar-refractivity contribution in [3.63, 3.8) is 0 Å². The number of carbonyl (C=O) groups is 1. The molecule has 112 valence electrons. The van der Waals surface area contributed by atoms with Gasteiger partial charge in [0.25, 0.3) is 5.91 Å². The summed E-state index contributed by atoms with van der Waals surface area (Å²) in [5, 5.41) is 1.97. The molecule has 5 nitrogen and oxygen atoms in total. The van der Waals surface area contributed by atoms with Gasteiger partial charge in [-0.3, -0.25) is 9.20 Å². The normalized spacial score (nSPS) is 15.5. The van der Waals surface area contributed by atoms with Gasteiger partial charge in [0.05, 0.1) is 0 Å². The average Bonchev–Trinajstić information content (AvgIpc) is 3.17. The van der Waals surface area contributed by atoms with E-state index in [1.54, 1.807) is 11.3 Å². The van der Waals surface area contributed by atoms with E-state index < -0.39 is 0 Å². The van der Waals surface area contributed by atoms with Crippen LogP contribution in [0.3, 0.4) is 0 Å². The van der Waals surface area contributed by atoms with Crippen molar-refractivity contribution in [2.75, 3.05) is 31.1 Å². The fraction of sp³-hybridized carbons (Fsp3) is 0.250. The van der Waals surface area contributed by atoms with Gasteiger partial charge in [0, 0.05) is 49.6 Å². The molecule has 6 heteroatoms. The Balaban J connectivity index is 1.45. The Kier molecular flexibility index (Phi) is 3.31. The van der Waals surface area contributed by atoms with Crippen LogP contribution in [-0.2, 0) is 0 Å². The van der Waals surface area contributed by atoms with Crippen LogP contribution >= 0.6 is 11.3 Å². The molecule has 0 bridgehead atoms. The zero-order valence-corrected chi connectivity index (χ0v) is 12.9. The van der Waals surface area contributed by atoms with Gasteiger partial charge in [-0.05, 0) is 12.1 Å². The number of piperazine rings is 1. The van der Waals surface area contributed by atoms with E-state index in [2.05, 4.69) is 22.0 Å². The number of hydrogen-bond acceptors (Lipinski definition) is 4. The Hall–Kier alpha value is -2.34. The van der Waals surface area contributed by atoms with Crippen LogP contribution < -0.4 is 4.90 Å². The molecule has 3 aromatic rings. The van der Waals surface area contributed by atoms with Crippen molar-refractivity contribution in [3.05, 3.63) is 53.8 Å². The number of anilines is 1. The van der Waals surface area contributed by atoms with E-state index in [-0.39, 0.29) is 5.91 Å². The first kappa shape index (κ1) is 13.3. The highest BCUT2D eigenvalue weighted by atomic mass is 32.1. The average molecular weight is 312 g/mol. The fourth-order valence-electron chi connectivity index (χ4n) is 2.80. The summed E-state index contributed by atoms with van der Waals surface area (Å²) in [5.74, 6) is 0.0311. The molecule has 0 atom stereocenters. The van der Waals surface area contributed by atoms with Gasteiger partial charge in [0.2, 0.25) is 0 Å². The summed E-state index contributed by atoms with van der Waals surface area (Å²) in [7, 11) is 0. The van der Waals surface area contributed by atoms with E-state index in [1.807, 2.05) is 45.3 Å². The molecule has 0 N–H and O–H groups in total. The van der Waals surface area contributed by atoms with Gasteiger partial charge in [0.15, 0.2) is 4.96 Å². The van der Waals surface area contributed by atoms with E-state index in [1.165, 1.54) is 5.69 Å². The molecule has 0 aliphatic carbocycles. The minimum atomic E-state index is 0.0311. The maximum Gasteiger partial charge on any atom is 0.274 e. The van der Waals surface area contributed by atoms with Crippen molar-refractivity contribution in [1.82, 2.24) is 14.3 Å². The molecule has 2 aromatic heterocycles. The van der Waals surface area contributed by atoms with Crippen LogP contribution in [0.25, 0.3) is 4.96 Å². The first-order valence-corrected chi connectivity index (χ1v) is 8.21. The number of thiazole rings is 1. The Labute approximate surface area is 132 Å². The van der Waals surface area contributed by atoms with Crippen molar-refractivity contribution < 1.29 is 4.79 Å². The highest BCUT2D eigenvalue weighted by Gasteiger charge is 2.24. The second-order valence-corrected chi connectivity index (χ2v) is 6.21. The lowest BCUT2D eigenvalue weighted by Crippen LogP contribution is -2.48. The molecular formula is C16H16N4OS. The lowest BCUT2D eigenvalue weighted by molar-refractivity contribution is 0.0741. The molecule has 22 heavy (non-hydrogen) atoms. The molecule has 3 heterocycles. The van der Waals surface area contributed by atoms with Gasteiger partial charge in [0.1, 0.15) is 5.69 Å². The highest BCUT2D eigenvalue weighted by Crippen LogP contribution is 2.17. The number of rotatable bonds is 2. The van der Waals surface area contributed by atoms with Gasteiger partial charge in [-0.2, -0.15) is 0 Å². The SMILES string of the molecule is O=C(c1cn2ccsc2n1)N1CCN(c2ccccc2)CC1. The summed E-state index contributed by atoms with van der Waals surface area (Å²) in [4.78, 5) is 22.0. The Morgan fingerprint density at radius 3 is 2.59 bits per heavy atom. The second-order valence-electron chi connectivity index (χ2n) is 5.33. The summed E-state index contributed by atoms with van der Waals surface area (Å²) >= 11 is 1.54. The second kappa shape index (κ2) is 5.46. The molecule has 1 aromatic carbocycles. The van der Waals surface area contributed by atoms with Gasteiger partial charge >= 0.3 is 0 Å². The number of carbonyl (C=O) groups excluding carboxylic acids is 1. The zero-order chi connectivity index (χ0) is 14.9. The van der Waals surface area contributed by atoms with Crippen LogP contribution in [0.5, 0.6) is 0 Å². The molecule has 1 amide bonds. The Morgan fingerprint density at radius 1 is 1.09 bits per heavy atom. The largest absolute Gasteiger partial charge is 0.368 e. The zero-order valence-electron chi connectivity index (χ0n) is 12.1. The predicted octanol–water partition coefficient (Wildman–Crippen LogP) is 2.36. The van der Waals surface area contributed by atoms with Gasteiger partial charge in [-0.25, -0.2) is 4.98 Å². The molecule has 0 spiro atoms. The van der Waals surface area contributed by atoms with E-state index in [0.29, 0.717) is 5.69 Å². The van der Waals surface area contributed by atoms with E-state index in [0.717, 1.165) is 31.1 Å². The highest BCUT2D eigenvalue weighted by molar-refractivity contribution is 7.15. The standard InChI is InChI=1S/C16H16N4OS/c21-15(14-12-20-10-11-22-16(20)17-14)19-8-6-18(7-9-19)13-4-2-1-3-5-13/h1-5,10-12H,6-9H2. The first-order chi connectivity index (χ1) is 10.8. The van der Waals surface area contributed by atoms with Crippen LogP contribution in [0.2, 0.25) is 0 Å². The number of aromatic nitrogens is 2. The van der Waals surface area contributed by atoms with Gasteiger partial charge in [-0.15, -0.1) is 11.3 Å². The van der Waals surface area contributed by atoms with Crippen LogP contribution in [0.15, 0.2) is 48.1 Å². The summed E-state index contributed by atoms with van der Waals surface area (Å²) in [5.41, 5.74) is 1.76. The number of nitrogens with zero attached hydrogens (tertiary/aromatic N) is 4. The first-order valence-electron chi connectivity index (χ1n) is 7.33. The number of para-hydroxylation sites is 1. The number of benzene rings is 1. The molecule has 4 rings (SSSR count). The minimum Gasteiger partial charge on any atom is -0.368 e. The lowest BCUT2D eigenvalue weighted by atomic mass is 10.2. The minimum absolute atomic E-state index is 0.0311. The molecule has 0 saturated carbocycles. The quantitative estimate of drug-likeness (QED) is 0.729. The van der Waals surface area contributed by atoms with E-state index >= 15 is 0 Å². The fourth-order valence-corrected chi connectivity index (χ4v) is 3.50. The lowest BCUT2D eigenvalue weighted by Gasteiger charge is -2.35. The number of fused-ring (bicyclic) bond motifs is 1. The van der Waals surface area contributed by atoms with Crippen molar-refractivity contribution in [3.8, 4) is 0 Å². The third-order valence-electron chi connectivity index (χ3n) is 4.00. The molecule has 1 saturated heterocycles. The molecular weight excluding hydrogens is 296 g/mol. The Morgan fingerprint density at radius 2 is 1.86 bits per heavy atom. The molecule has 0 unspecified atom stereocenters. The van der Waals surface area contributed by atoms with Crippen LogP contribution in [-0.4, -0.2) is 46.4 Å². The third-order valence-corrected chi connectivity index (χ3v) is 4.77. The summed E-state index contributed by atoms with van der Waals surface area (Å²) in [6, 6.07) is 10.3. The summed E-state index contributed by atoms with van der Waals surface area (Å²) in [6.07, 6.45) is 3.74. The van der Waals surface area contributed by atoms with Crippen LogP contribution in [0, 0.1) is 0 Å². The molecule has 0 radical (unpaired) electrons. The maximum atomic E-state index is 12.5. The summed E-state index contributed by atoms with van der Waals surface area (Å²) < 4.78 is 1.90. The smallest absolute Gasteiger partial charge is 0.274 e. The molecule has 1 aliphatic rings. The number of imidazole rings is 1. The van der Waals surface area contributed by atoms with Crippen molar-refractivity contribution >= 4 is 27.9 Å². The van der Waals surface area contributed by atoms with E-state index in [4.69, 9.17) is 0 Å². The van der Waals surface area contributed by atoms with Gasteiger partial charge < -0.3 is 9.80 Å². The van der Waals surface area contributed by atoms with Crippen LogP contribution in [0.1, 0.15) is 10.5 Å². The summed E-state index contributed by atoms with van der Waals surface area (Å²) in [6.45, 7) is 3.19. The van der Waals surface area contributed by atoms with Crippen molar-refractivity contribution in [2.24, 2.45) is 0 Å². The van der Waals surface area contributed by atoms with Gasteiger partial charge in [-0.1, -0.05) is 18.2 Å². The Bertz CT molecular complexity index is 758.